The highest BCUT2D eigenvalue weighted by Gasteiger charge is 2.02. The minimum atomic E-state index is -0.264. The molecular weight excluding hydrogens is 178 g/mol. The van der Waals surface area contributed by atoms with Crippen LogP contribution in [0.2, 0.25) is 0 Å². The van der Waals surface area contributed by atoms with Crippen LogP contribution in [-0.4, -0.2) is 13.0 Å². The number of benzene rings is 1. The molecule has 0 saturated heterocycles. The van der Waals surface area contributed by atoms with Gasteiger partial charge < -0.3 is 10.5 Å². The number of rotatable bonds is 4. The van der Waals surface area contributed by atoms with E-state index in [4.69, 9.17) is 10.5 Å². The van der Waals surface area contributed by atoms with E-state index in [2.05, 4.69) is 0 Å². The Labute approximate surface area is 83.9 Å². The summed E-state index contributed by atoms with van der Waals surface area (Å²) in [6.45, 7) is 2.00. The fraction of sp³-hybridized carbons (Fsp3) is 0.364. The average molecular weight is 193 g/mol. The zero-order valence-electron chi connectivity index (χ0n) is 8.54. The Bertz CT molecular complexity index is 334. The Morgan fingerprint density at radius 2 is 2.21 bits per heavy atom. The van der Waals surface area contributed by atoms with Gasteiger partial charge in [0.1, 0.15) is 5.75 Å². The van der Waals surface area contributed by atoms with Crippen LogP contribution in [0.4, 0.5) is 0 Å². The van der Waals surface area contributed by atoms with Gasteiger partial charge in [0, 0.05) is 6.42 Å². The molecule has 0 aliphatic rings. The highest BCUT2D eigenvalue weighted by atomic mass is 16.5. The topological polar surface area (TPSA) is 52.3 Å². The van der Waals surface area contributed by atoms with E-state index < -0.39 is 0 Å². The van der Waals surface area contributed by atoms with E-state index in [0.29, 0.717) is 12.8 Å². The van der Waals surface area contributed by atoms with Crippen LogP contribution in [0.25, 0.3) is 0 Å². The second-order valence-corrected chi connectivity index (χ2v) is 3.26. The van der Waals surface area contributed by atoms with Crippen LogP contribution in [0.3, 0.4) is 0 Å². The van der Waals surface area contributed by atoms with Crippen LogP contribution in [-0.2, 0) is 11.2 Å². The molecule has 1 aromatic carbocycles. The van der Waals surface area contributed by atoms with E-state index in [0.717, 1.165) is 16.9 Å². The minimum Gasteiger partial charge on any atom is -0.497 e. The molecule has 0 aliphatic carbocycles. The molecule has 0 aliphatic heterocycles. The second kappa shape index (κ2) is 4.65. The van der Waals surface area contributed by atoms with Gasteiger partial charge in [-0.2, -0.15) is 0 Å². The first-order valence-corrected chi connectivity index (χ1v) is 4.55. The van der Waals surface area contributed by atoms with Gasteiger partial charge in [-0.15, -0.1) is 0 Å². The third-order valence-corrected chi connectivity index (χ3v) is 2.19. The van der Waals surface area contributed by atoms with Gasteiger partial charge in [0.05, 0.1) is 7.11 Å². The quantitative estimate of drug-likeness (QED) is 0.786. The van der Waals surface area contributed by atoms with Gasteiger partial charge in [-0.05, 0) is 36.6 Å². The van der Waals surface area contributed by atoms with Gasteiger partial charge in [0.25, 0.3) is 0 Å². The number of aryl methyl sites for hydroxylation is 2. The summed E-state index contributed by atoms with van der Waals surface area (Å²) in [5.74, 6) is 0.575. The lowest BCUT2D eigenvalue weighted by atomic mass is 10.0. The van der Waals surface area contributed by atoms with Gasteiger partial charge in [0.2, 0.25) is 5.91 Å². The van der Waals surface area contributed by atoms with E-state index in [1.165, 1.54) is 0 Å². The summed E-state index contributed by atoms with van der Waals surface area (Å²) in [4.78, 5) is 10.6. The Morgan fingerprint density at radius 3 is 2.71 bits per heavy atom. The number of carbonyl (C=O) groups excluding carboxylic acids is 1. The number of hydrogen-bond donors (Lipinski definition) is 1. The molecule has 1 rings (SSSR count). The molecule has 0 radical (unpaired) electrons. The standard InChI is InChI=1S/C11H15NO2/c1-8-7-10(14-2)5-3-9(8)4-6-11(12)13/h3,5,7H,4,6H2,1-2H3,(H2,12,13). The second-order valence-electron chi connectivity index (χ2n) is 3.26. The monoisotopic (exact) mass is 193 g/mol. The maximum Gasteiger partial charge on any atom is 0.217 e. The van der Waals surface area contributed by atoms with Crippen LogP contribution in [0.15, 0.2) is 18.2 Å². The van der Waals surface area contributed by atoms with Crippen LogP contribution in [0.5, 0.6) is 5.75 Å². The highest BCUT2D eigenvalue weighted by Crippen LogP contribution is 2.17. The lowest BCUT2D eigenvalue weighted by Crippen LogP contribution is -2.11. The van der Waals surface area contributed by atoms with E-state index in [1.807, 2.05) is 25.1 Å². The zero-order valence-corrected chi connectivity index (χ0v) is 8.54. The summed E-state index contributed by atoms with van der Waals surface area (Å²) in [7, 11) is 1.64. The van der Waals surface area contributed by atoms with E-state index in [1.54, 1.807) is 7.11 Å². The Balaban J connectivity index is 2.73. The molecule has 1 amide bonds. The van der Waals surface area contributed by atoms with Crippen molar-refractivity contribution in [2.24, 2.45) is 5.73 Å². The molecule has 0 heterocycles. The molecule has 0 bridgehead atoms. The van der Waals surface area contributed by atoms with Crippen molar-refractivity contribution in [2.45, 2.75) is 19.8 Å². The summed E-state index contributed by atoms with van der Waals surface area (Å²) in [6, 6.07) is 5.82. The Hall–Kier alpha value is -1.51. The van der Waals surface area contributed by atoms with Crippen LogP contribution in [0, 0.1) is 6.92 Å². The highest BCUT2D eigenvalue weighted by molar-refractivity contribution is 5.74. The molecule has 0 atom stereocenters. The molecule has 0 unspecified atom stereocenters. The van der Waals surface area contributed by atoms with Crippen molar-refractivity contribution in [3.63, 3.8) is 0 Å². The average Bonchev–Trinajstić information content (AvgIpc) is 2.15. The molecule has 3 nitrogen and oxygen atoms in total. The summed E-state index contributed by atoms with van der Waals surface area (Å²) >= 11 is 0. The number of amides is 1. The third kappa shape index (κ3) is 2.76. The maximum absolute atomic E-state index is 10.6. The molecule has 0 fully saturated rings. The Kier molecular flexibility index (Phi) is 3.51. The molecule has 76 valence electrons. The lowest BCUT2D eigenvalue weighted by molar-refractivity contribution is -0.117. The fourth-order valence-corrected chi connectivity index (χ4v) is 1.33. The number of methoxy groups -OCH3 is 1. The zero-order chi connectivity index (χ0) is 10.6. The summed E-state index contributed by atoms with van der Waals surface area (Å²) < 4.78 is 5.08. The number of carbonyl (C=O) groups is 1. The van der Waals surface area contributed by atoms with E-state index in [-0.39, 0.29) is 5.91 Å². The lowest BCUT2D eigenvalue weighted by Gasteiger charge is -2.06. The van der Waals surface area contributed by atoms with Gasteiger partial charge in [-0.25, -0.2) is 0 Å². The summed E-state index contributed by atoms with van der Waals surface area (Å²) in [6.07, 6.45) is 1.10. The van der Waals surface area contributed by atoms with Crippen LogP contribution in [0.1, 0.15) is 17.5 Å². The Morgan fingerprint density at radius 1 is 1.50 bits per heavy atom. The van der Waals surface area contributed by atoms with Gasteiger partial charge >= 0.3 is 0 Å². The van der Waals surface area contributed by atoms with Crippen LogP contribution < -0.4 is 10.5 Å². The van der Waals surface area contributed by atoms with Gasteiger partial charge in [-0.1, -0.05) is 6.07 Å². The van der Waals surface area contributed by atoms with E-state index in [9.17, 15) is 4.79 Å². The first-order chi connectivity index (χ1) is 6.63. The summed E-state index contributed by atoms with van der Waals surface area (Å²) in [5.41, 5.74) is 7.36. The van der Waals surface area contributed by atoms with Crippen molar-refractivity contribution < 1.29 is 9.53 Å². The largest absolute Gasteiger partial charge is 0.497 e. The maximum atomic E-state index is 10.6. The molecule has 0 saturated carbocycles. The fourth-order valence-electron chi connectivity index (χ4n) is 1.33. The predicted octanol–water partition coefficient (Wildman–Crippen LogP) is 1.42. The molecule has 1 aromatic rings. The van der Waals surface area contributed by atoms with Crippen molar-refractivity contribution in [3.05, 3.63) is 29.3 Å². The van der Waals surface area contributed by atoms with Crippen molar-refractivity contribution in [3.8, 4) is 5.75 Å². The number of hydrogen-bond acceptors (Lipinski definition) is 2. The van der Waals surface area contributed by atoms with Crippen molar-refractivity contribution in [2.75, 3.05) is 7.11 Å². The van der Waals surface area contributed by atoms with Crippen molar-refractivity contribution in [1.29, 1.82) is 0 Å². The number of primary amides is 1. The SMILES string of the molecule is COc1ccc(CCC(N)=O)c(C)c1. The minimum absolute atomic E-state index is 0.264. The smallest absolute Gasteiger partial charge is 0.217 e. The van der Waals surface area contributed by atoms with Gasteiger partial charge in [0.15, 0.2) is 0 Å². The molecule has 0 aromatic heterocycles. The molecule has 2 N–H and O–H groups in total. The molecule has 3 heteroatoms. The number of ether oxygens (including phenoxy) is 1. The third-order valence-electron chi connectivity index (χ3n) is 2.19. The summed E-state index contributed by atoms with van der Waals surface area (Å²) in [5, 5.41) is 0. The van der Waals surface area contributed by atoms with Gasteiger partial charge in [-0.3, -0.25) is 4.79 Å². The normalized spacial score (nSPS) is 9.86. The first kappa shape index (κ1) is 10.6. The molecular formula is C11H15NO2. The molecule has 0 spiro atoms. The van der Waals surface area contributed by atoms with Crippen molar-refractivity contribution in [1.82, 2.24) is 0 Å². The molecule has 14 heavy (non-hydrogen) atoms. The first-order valence-electron chi connectivity index (χ1n) is 4.55. The van der Waals surface area contributed by atoms with E-state index >= 15 is 0 Å². The van der Waals surface area contributed by atoms with Crippen LogP contribution >= 0.6 is 0 Å². The van der Waals surface area contributed by atoms with Crippen molar-refractivity contribution >= 4 is 5.91 Å². The number of nitrogens with two attached hydrogens (primary N) is 1. The predicted molar refractivity (Wildman–Crippen MR) is 55.2 cm³/mol.